The summed E-state index contributed by atoms with van der Waals surface area (Å²) in [5, 5.41) is 9.25. The first-order chi connectivity index (χ1) is 18.2. The fraction of sp³-hybridized carbons (Fsp3) is 0.500. The summed E-state index contributed by atoms with van der Waals surface area (Å²) in [5.74, 6) is 2.43. The maximum Gasteiger partial charge on any atom is 0.270 e. The van der Waals surface area contributed by atoms with Crippen LogP contribution in [0, 0.1) is 23.2 Å². The standard InChI is InChI=1S/C30H36F2O2.C2H2F2/c1-30-15-14-25-24-13-11-23(34-19-20-7-3-2-4-8-20)17-21(24)10-12-26(25)28(30)22(9-5-6-16-33)18-27(30)29(31)32;1-2(3)4/h2-4,7-8,11,13,17,22,25-26,28,33H,5-6,9-10,12,14-16,18-19H2,1H3;1H2/t22-,25-,26-,28+,30-;/m1./s1. The zero-order chi connectivity index (χ0) is 27.3. The van der Waals surface area contributed by atoms with E-state index in [-0.39, 0.29) is 12.0 Å². The summed E-state index contributed by atoms with van der Waals surface area (Å²) in [6, 6.07) is 16.8. The van der Waals surface area contributed by atoms with E-state index in [1.165, 1.54) is 11.1 Å². The van der Waals surface area contributed by atoms with Crippen molar-refractivity contribution >= 4 is 0 Å². The maximum absolute atomic E-state index is 14.0. The molecule has 2 saturated carbocycles. The average Bonchev–Trinajstić information content (AvgIpc) is 3.20. The highest BCUT2D eigenvalue weighted by atomic mass is 19.3. The van der Waals surface area contributed by atoms with Crippen LogP contribution in [0.5, 0.6) is 5.75 Å². The highest BCUT2D eigenvalue weighted by Gasteiger charge is 2.57. The van der Waals surface area contributed by atoms with Crippen LogP contribution in [0.25, 0.3) is 0 Å². The van der Waals surface area contributed by atoms with Gasteiger partial charge in [-0.2, -0.15) is 17.6 Å². The van der Waals surface area contributed by atoms with Crippen LogP contribution in [0.15, 0.2) is 72.8 Å². The Morgan fingerprint density at radius 3 is 2.47 bits per heavy atom. The van der Waals surface area contributed by atoms with Gasteiger partial charge < -0.3 is 9.84 Å². The molecule has 0 radical (unpaired) electrons. The first-order valence-corrected chi connectivity index (χ1v) is 13.7. The van der Waals surface area contributed by atoms with E-state index in [1.807, 2.05) is 18.2 Å². The molecule has 5 atom stereocenters. The van der Waals surface area contributed by atoms with Crippen molar-refractivity contribution < 1.29 is 27.4 Å². The Morgan fingerprint density at radius 1 is 1.05 bits per heavy atom. The van der Waals surface area contributed by atoms with Crippen LogP contribution in [0.4, 0.5) is 17.6 Å². The lowest BCUT2D eigenvalue weighted by atomic mass is 9.53. The van der Waals surface area contributed by atoms with Gasteiger partial charge in [0.25, 0.3) is 12.2 Å². The summed E-state index contributed by atoms with van der Waals surface area (Å²) in [5.41, 5.74) is 4.00. The molecular weight excluding hydrogens is 492 g/mol. The number of ether oxygens (including phenoxy) is 1. The van der Waals surface area contributed by atoms with E-state index in [0.29, 0.717) is 42.3 Å². The molecule has 0 bridgehead atoms. The summed E-state index contributed by atoms with van der Waals surface area (Å²) in [7, 11) is 0. The van der Waals surface area contributed by atoms with Crippen LogP contribution >= 0.6 is 0 Å². The fourth-order valence-corrected chi connectivity index (χ4v) is 7.58. The molecule has 0 heterocycles. The first-order valence-electron chi connectivity index (χ1n) is 13.7. The van der Waals surface area contributed by atoms with Crippen LogP contribution < -0.4 is 4.74 Å². The summed E-state index contributed by atoms with van der Waals surface area (Å²) in [6.07, 6.45) is 3.78. The third-order valence-corrected chi connectivity index (χ3v) is 9.07. The van der Waals surface area contributed by atoms with Crippen LogP contribution in [0.3, 0.4) is 0 Å². The Bertz CT molecular complexity index is 1120. The molecule has 0 aliphatic heterocycles. The fourth-order valence-electron chi connectivity index (χ4n) is 7.58. The molecule has 1 N–H and O–H groups in total. The van der Waals surface area contributed by atoms with Crippen molar-refractivity contribution in [2.45, 2.75) is 70.8 Å². The van der Waals surface area contributed by atoms with Gasteiger partial charge in [0.1, 0.15) is 12.4 Å². The molecule has 0 spiro atoms. The third-order valence-electron chi connectivity index (χ3n) is 9.07. The van der Waals surface area contributed by atoms with Crippen LogP contribution in [0.2, 0.25) is 0 Å². The number of aryl methyl sites for hydroxylation is 1. The molecule has 0 amide bonds. The lowest BCUT2D eigenvalue weighted by Crippen LogP contribution is -2.42. The number of aliphatic hydroxyl groups is 1. The number of halogens is 4. The Hall–Kier alpha value is -2.60. The van der Waals surface area contributed by atoms with Gasteiger partial charge >= 0.3 is 0 Å². The largest absolute Gasteiger partial charge is 0.489 e. The molecule has 5 rings (SSSR count). The Balaban J connectivity index is 0.000000786. The Morgan fingerprint density at radius 2 is 1.79 bits per heavy atom. The van der Waals surface area contributed by atoms with Gasteiger partial charge in [-0.3, -0.25) is 0 Å². The molecule has 0 unspecified atom stereocenters. The zero-order valence-corrected chi connectivity index (χ0v) is 22.1. The van der Waals surface area contributed by atoms with Crippen molar-refractivity contribution in [3.8, 4) is 5.75 Å². The molecule has 0 aromatic heterocycles. The number of aliphatic hydroxyl groups excluding tert-OH is 1. The lowest BCUT2D eigenvalue weighted by Gasteiger charge is -2.51. The highest BCUT2D eigenvalue weighted by molar-refractivity contribution is 5.42. The molecule has 0 saturated heterocycles. The quantitative estimate of drug-likeness (QED) is 0.286. The first kappa shape index (κ1) is 28.4. The predicted octanol–water partition coefficient (Wildman–Crippen LogP) is 9.06. The summed E-state index contributed by atoms with van der Waals surface area (Å²) >= 11 is 0. The Labute approximate surface area is 223 Å². The molecule has 2 nitrogen and oxygen atoms in total. The number of hydrogen-bond acceptors (Lipinski definition) is 2. The average molecular weight is 531 g/mol. The summed E-state index contributed by atoms with van der Waals surface area (Å²) in [4.78, 5) is 0. The lowest BCUT2D eigenvalue weighted by molar-refractivity contribution is 0.0446. The van der Waals surface area contributed by atoms with Crippen LogP contribution in [-0.4, -0.2) is 11.7 Å². The van der Waals surface area contributed by atoms with Crippen LogP contribution in [0.1, 0.15) is 74.5 Å². The van der Waals surface area contributed by atoms with Gasteiger partial charge in [0.2, 0.25) is 0 Å². The van der Waals surface area contributed by atoms with Gasteiger partial charge in [0, 0.05) is 12.2 Å². The van der Waals surface area contributed by atoms with Crippen LogP contribution in [-0.2, 0) is 13.0 Å². The van der Waals surface area contributed by atoms with Gasteiger partial charge in [0.15, 0.2) is 0 Å². The number of hydrogen-bond donors (Lipinski definition) is 1. The molecule has 38 heavy (non-hydrogen) atoms. The van der Waals surface area contributed by atoms with Crippen molar-refractivity contribution in [2.24, 2.45) is 23.2 Å². The van der Waals surface area contributed by atoms with Gasteiger partial charge in [0.05, 0.1) is 0 Å². The number of benzene rings is 2. The van der Waals surface area contributed by atoms with Crippen molar-refractivity contribution in [1.82, 2.24) is 0 Å². The van der Waals surface area contributed by atoms with E-state index in [1.54, 1.807) is 0 Å². The van der Waals surface area contributed by atoms with E-state index < -0.39 is 12.2 Å². The maximum atomic E-state index is 14.0. The molecule has 6 heteroatoms. The predicted molar refractivity (Wildman–Crippen MR) is 142 cm³/mol. The van der Waals surface area contributed by atoms with E-state index in [2.05, 4.69) is 43.8 Å². The van der Waals surface area contributed by atoms with E-state index in [4.69, 9.17) is 4.74 Å². The SMILES string of the molecule is C=C(F)F.C[C@]12CC[C@@H]3c4ccc(OCc5ccccc5)cc4CC[C@H]3[C@@H]1[C@H](CCCCO)CC2=C(F)F. The van der Waals surface area contributed by atoms with Crippen molar-refractivity contribution in [3.05, 3.63) is 89.5 Å². The van der Waals surface area contributed by atoms with E-state index in [9.17, 15) is 22.7 Å². The monoisotopic (exact) mass is 530 g/mol. The topological polar surface area (TPSA) is 29.5 Å². The van der Waals surface area contributed by atoms with E-state index in [0.717, 1.165) is 56.3 Å². The number of fused-ring (bicyclic) bond motifs is 5. The van der Waals surface area contributed by atoms with Gasteiger partial charge in [-0.15, -0.1) is 0 Å². The highest BCUT2D eigenvalue weighted by Crippen LogP contribution is 2.66. The third kappa shape index (κ3) is 6.17. The zero-order valence-electron chi connectivity index (χ0n) is 22.1. The molecule has 2 aromatic carbocycles. The van der Waals surface area contributed by atoms with Crippen molar-refractivity contribution in [1.29, 1.82) is 0 Å². The second-order valence-corrected chi connectivity index (χ2v) is 11.2. The summed E-state index contributed by atoms with van der Waals surface area (Å²) < 4.78 is 54.5. The molecule has 206 valence electrons. The molecule has 3 aliphatic rings. The normalized spacial score (nSPS) is 27.4. The molecule has 3 aliphatic carbocycles. The smallest absolute Gasteiger partial charge is 0.270 e. The number of unbranched alkanes of at least 4 members (excludes halogenated alkanes) is 1. The number of rotatable bonds is 7. The van der Waals surface area contributed by atoms with Gasteiger partial charge in [-0.1, -0.05) is 49.7 Å². The summed E-state index contributed by atoms with van der Waals surface area (Å²) in [6.45, 7) is 5.08. The minimum absolute atomic E-state index is 0.183. The second kappa shape index (κ2) is 12.5. The Kier molecular flexibility index (Phi) is 9.35. The molecule has 2 aromatic rings. The van der Waals surface area contributed by atoms with E-state index >= 15 is 0 Å². The minimum Gasteiger partial charge on any atom is -0.489 e. The molecule has 2 fully saturated rings. The van der Waals surface area contributed by atoms with Gasteiger partial charge in [-0.05, 0) is 109 Å². The second-order valence-electron chi connectivity index (χ2n) is 11.2. The molecular formula is C32H38F4O2. The van der Waals surface area contributed by atoms with Crippen molar-refractivity contribution in [3.63, 3.8) is 0 Å². The number of allylic oxidation sites excluding steroid dienone is 1. The minimum atomic E-state index is -1.83. The van der Waals surface area contributed by atoms with Crippen molar-refractivity contribution in [2.75, 3.05) is 6.61 Å². The van der Waals surface area contributed by atoms with Gasteiger partial charge in [-0.25, -0.2) is 0 Å².